The predicted molar refractivity (Wildman–Crippen MR) is 92.1 cm³/mol. The smallest absolute Gasteiger partial charge is 0.267 e. The van der Waals surface area contributed by atoms with Crippen LogP contribution >= 0.6 is 34.4 Å². The van der Waals surface area contributed by atoms with Gasteiger partial charge < -0.3 is 0 Å². The summed E-state index contributed by atoms with van der Waals surface area (Å²) in [6, 6.07) is 11.5. The molecule has 0 unspecified atom stereocenters. The van der Waals surface area contributed by atoms with Crippen LogP contribution in [0.25, 0.3) is 0 Å². The molecule has 3 aromatic heterocycles. The van der Waals surface area contributed by atoms with Gasteiger partial charge in [0.2, 0.25) is 0 Å². The Morgan fingerprint density at radius 3 is 2.82 bits per heavy atom. The minimum absolute atomic E-state index is 0.247. The molecule has 0 aliphatic carbocycles. The summed E-state index contributed by atoms with van der Waals surface area (Å²) in [6.45, 7) is 0. The molecule has 1 N–H and O–H groups in total. The van der Waals surface area contributed by atoms with Gasteiger partial charge in [-0.1, -0.05) is 17.8 Å². The van der Waals surface area contributed by atoms with Crippen LogP contribution in [0.4, 0.5) is 0 Å². The van der Waals surface area contributed by atoms with Crippen molar-refractivity contribution in [2.24, 2.45) is 5.10 Å². The fourth-order valence-corrected chi connectivity index (χ4v) is 4.65. The second-order valence-corrected chi connectivity index (χ2v) is 7.79. The van der Waals surface area contributed by atoms with E-state index in [-0.39, 0.29) is 5.91 Å². The average molecular weight is 345 g/mol. The first-order chi connectivity index (χ1) is 10.8. The Morgan fingerprint density at radius 1 is 1.18 bits per heavy atom. The Labute approximate surface area is 139 Å². The maximum atomic E-state index is 11.8. The van der Waals surface area contributed by atoms with Crippen molar-refractivity contribution < 1.29 is 4.79 Å². The summed E-state index contributed by atoms with van der Waals surface area (Å²) in [5, 5.41) is 6.05. The molecule has 1 amide bonds. The van der Waals surface area contributed by atoms with E-state index in [4.69, 9.17) is 0 Å². The molecule has 3 heterocycles. The Bertz CT molecular complexity index is 766. The van der Waals surface area contributed by atoms with Crippen molar-refractivity contribution >= 4 is 46.6 Å². The van der Waals surface area contributed by atoms with E-state index in [9.17, 15) is 4.79 Å². The summed E-state index contributed by atoms with van der Waals surface area (Å²) in [6.07, 6.45) is 4.81. The zero-order valence-corrected chi connectivity index (χ0v) is 13.8. The average Bonchev–Trinajstić information content (AvgIpc) is 3.21. The lowest BCUT2D eigenvalue weighted by Gasteiger charge is -1.97. The van der Waals surface area contributed by atoms with Gasteiger partial charge in [-0.15, -0.1) is 22.7 Å². The van der Waals surface area contributed by atoms with Crippen LogP contribution in [0.15, 0.2) is 67.7 Å². The highest BCUT2D eigenvalue weighted by atomic mass is 32.2. The number of rotatable bonds is 5. The zero-order valence-electron chi connectivity index (χ0n) is 11.3. The van der Waals surface area contributed by atoms with Gasteiger partial charge >= 0.3 is 0 Å². The van der Waals surface area contributed by atoms with E-state index in [1.165, 1.54) is 8.42 Å². The molecule has 0 aromatic carbocycles. The van der Waals surface area contributed by atoms with Gasteiger partial charge in [-0.25, -0.2) is 5.43 Å². The summed E-state index contributed by atoms with van der Waals surface area (Å²) in [5.41, 5.74) is 3.04. The van der Waals surface area contributed by atoms with Crippen LogP contribution in [0, 0.1) is 0 Å². The number of carbonyl (C=O) groups is 1. The second-order valence-electron chi connectivity index (χ2n) is 4.13. The fourth-order valence-electron chi connectivity index (χ4n) is 1.60. The SMILES string of the molecule is O=C(N/N=C/c1ccc(Sc2cccs2)s1)c1ccncc1. The van der Waals surface area contributed by atoms with E-state index in [2.05, 4.69) is 33.0 Å². The highest BCUT2D eigenvalue weighted by Crippen LogP contribution is 2.35. The van der Waals surface area contributed by atoms with Gasteiger partial charge in [0.05, 0.1) is 14.6 Å². The van der Waals surface area contributed by atoms with Gasteiger partial charge in [0, 0.05) is 22.8 Å². The number of aromatic nitrogens is 1. The number of thiophene rings is 2. The van der Waals surface area contributed by atoms with E-state index in [1.54, 1.807) is 65.2 Å². The van der Waals surface area contributed by atoms with Gasteiger partial charge in [0.15, 0.2) is 0 Å². The minimum atomic E-state index is -0.247. The Hall–Kier alpha value is -1.96. The summed E-state index contributed by atoms with van der Waals surface area (Å²) >= 11 is 5.09. The number of pyridine rings is 1. The van der Waals surface area contributed by atoms with Gasteiger partial charge in [0.25, 0.3) is 5.91 Å². The van der Waals surface area contributed by atoms with Gasteiger partial charge in [0.1, 0.15) is 0 Å². The number of hydrogen-bond donors (Lipinski definition) is 1. The topological polar surface area (TPSA) is 54.4 Å². The molecule has 4 nitrogen and oxygen atoms in total. The van der Waals surface area contributed by atoms with Crippen LogP contribution in [0.3, 0.4) is 0 Å². The van der Waals surface area contributed by atoms with Crippen molar-refractivity contribution in [1.82, 2.24) is 10.4 Å². The van der Waals surface area contributed by atoms with Crippen molar-refractivity contribution in [3.63, 3.8) is 0 Å². The van der Waals surface area contributed by atoms with Gasteiger partial charge in [-0.3, -0.25) is 9.78 Å². The van der Waals surface area contributed by atoms with E-state index in [0.717, 1.165) is 4.88 Å². The first-order valence-electron chi connectivity index (χ1n) is 6.36. The molecule has 110 valence electrons. The molecule has 0 fully saturated rings. The summed E-state index contributed by atoms with van der Waals surface area (Å²) in [4.78, 5) is 16.7. The number of carbonyl (C=O) groups excluding carboxylic acids is 1. The lowest BCUT2D eigenvalue weighted by Crippen LogP contribution is -2.17. The van der Waals surface area contributed by atoms with Crippen molar-refractivity contribution in [3.8, 4) is 0 Å². The van der Waals surface area contributed by atoms with Gasteiger partial charge in [-0.05, 0) is 35.7 Å². The third-order valence-corrected chi connectivity index (χ3v) is 5.79. The molecule has 0 aliphatic heterocycles. The molecule has 0 atom stereocenters. The van der Waals surface area contributed by atoms with E-state index >= 15 is 0 Å². The van der Waals surface area contributed by atoms with Crippen molar-refractivity contribution in [3.05, 3.63) is 64.6 Å². The molecular weight excluding hydrogens is 334 g/mol. The lowest BCUT2D eigenvalue weighted by molar-refractivity contribution is 0.0955. The fraction of sp³-hybridized carbons (Fsp3) is 0. The molecule has 3 aromatic rings. The summed E-state index contributed by atoms with van der Waals surface area (Å²) in [5.74, 6) is -0.247. The first kappa shape index (κ1) is 15.0. The third kappa shape index (κ3) is 4.03. The lowest BCUT2D eigenvalue weighted by atomic mass is 10.3. The normalized spacial score (nSPS) is 10.9. The molecule has 0 aliphatic rings. The van der Waals surface area contributed by atoms with Crippen LogP contribution in [0.2, 0.25) is 0 Å². The van der Waals surface area contributed by atoms with E-state index in [0.29, 0.717) is 5.56 Å². The Kier molecular flexibility index (Phi) is 4.99. The largest absolute Gasteiger partial charge is 0.271 e. The minimum Gasteiger partial charge on any atom is -0.267 e. The monoisotopic (exact) mass is 345 g/mol. The molecule has 0 spiro atoms. The van der Waals surface area contributed by atoms with Crippen LogP contribution in [-0.4, -0.2) is 17.1 Å². The number of nitrogens with one attached hydrogen (secondary N) is 1. The molecule has 7 heteroatoms. The van der Waals surface area contributed by atoms with E-state index in [1.807, 2.05) is 12.1 Å². The van der Waals surface area contributed by atoms with Crippen LogP contribution in [0.1, 0.15) is 15.2 Å². The van der Waals surface area contributed by atoms with E-state index < -0.39 is 0 Å². The van der Waals surface area contributed by atoms with Crippen LogP contribution < -0.4 is 5.43 Å². The molecule has 0 radical (unpaired) electrons. The van der Waals surface area contributed by atoms with Gasteiger partial charge in [-0.2, -0.15) is 5.10 Å². The molecule has 0 bridgehead atoms. The molecule has 0 saturated carbocycles. The zero-order chi connectivity index (χ0) is 15.2. The van der Waals surface area contributed by atoms with Crippen LogP contribution in [0.5, 0.6) is 0 Å². The molecular formula is C15H11N3OS3. The predicted octanol–water partition coefficient (Wildman–Crippen LogP) is 4.12. The second kappa shape index (κ2) is 7.35. The first-order valence-corrected chi connectivity index (χ1v) is 8.87. The van der Waals surface area contributed by atoms with Crippen molar-refractivity contribution in [2.45, 2.75) is 8.42 Å². The molecule has 0 saturated heterocycles. The standard InChI is InChI=1S/C15H11N3OS3/c19-15(11-5-7-16-8-6-11)18-17-10-12-3-4-14(21-12)22-13-2-1-9-20-13/h1-10H,(H,18,19)/b17-10+. The highest BCUT2D eigenvalue weighted by Gasteiger charge is 2.03. The van der Waals surface area contributed by atoms with Crippen LogP contribution in [-0.2, 0) is 0 Å². The Morgan fingerprint density at radius 2 is 2.05 bits per heavy atom. The quantitative estimate of drug-likeness (QED) is 0.559. The maximum absolute atomic E-state index is 11.8. The summed E-state index contributed by atoms with van der Waals surface area (Å²) in [7, 11) is 0. The molecule has 22 heavy (non-hydrogen) atoms. The molecule has 3 rings (SSSR count). The van der Waals surface area contributed by atoms with Crippen molar-refractivity contribution in [2.75, 3.05) is 0 Å². The summed E-state index contributed by atoms with van der Waals surface area (Å²) < 4.78 is 2.46. The maximum Gasteiger partial charge on any atom is 0.271 e. The Balaban J connectivity index is 1.57. The van der Waals surface area contributed by atoms with Crippen molar-refractivity contribution in [1.29, 1.82) is 0 Å². The number of amides is 1. The number of nitrogens with zero attached hydrogens (tertiary/aromatic N) is 2. The number of hydrazone groups is 1. The highest BCUT2D eigenvalue weighted by molar-refractivity contribution is 8.02. The number of hydrogen-bond acceptors (Lipinski definition) is 6. The third-order valence-electron chi connectivity index (χ3n) is 2.60.